The summed E-state index contributed by atoms with van der Waals surface area (Å²) in [6.07, 6.45) is 1.06. The Balaban J connectivity index is 1.88. The molecule has 1 fully saturated rings. The van der Waals surface area contributed by atoms with E-state index in [1.54, 1.807) is 6.92 Å². The van der Waals surface area contributed by atoms with Crippen LogP contribution in [0.25, 0.3) is 0 Å². The van der Waals surface area contributed by atoms with Gasteiger partial charge in [-0.2, -0.15) is 4.31 Å². The summed E-state index contributed by atoms with van der Waals surface area (Å²) in [6.45, 7) is 5.73. The minimum Gasteiger partial charge on any atom is -0.350 e. The van der Waals surface area contributed by atoms with E-state index >= 15 is 0 Å². The van der Waals surface area contributed by atoms with E-state index in [1.807, 2.05) is 62.4 Å². The number of carbonyl (C=O) groups excluding carboxylic acids is 2. The van der Waals surface area contributed by atoms with Crippen molar-refractivity contribution in [3.05, 3.63) is 70.8 Å². The lowest BCUT2D eigenvalue weighted by molar-refractivity contribution is -0.153. The normalized spacial score (nSPS) is 20.0. The Labute approximate surface area is 184 Å². The summed E-state index contributed by atoms with van der Waals surface area (Å²) in [5.74, 6) is -0.784. The number of nitrogens with zero attached hydrogens (tertiary/aromatic N) is 2. The predicted molar refractivity (Wildman–Crippen MR) is 120 cm³/mol. The van der Waals surface area contributed by atoms with Gasteiger partial charge in [-0.1, -0.05) is 59.7 Å². The number of hydrogen-bond donors (Lipinski definition) is 1. The number of piperazine rings is 1. The molecule has 2 aromatic carbocycles. The first kappa shape index (κ1) is 23.0. The highest BCUT2D eigenvalue weighted by atomic mass is 32.2. The minimum atomic E-state index is -3.63. The summed E-state index contributed by atoms with van der Waals surface area (Å²) in [4.78, 5) is 27.8. The van der Waals surface area contributed by atoms with E-state index in [-0.39, 0.29) is 25.5 Å². The van der Waals surface area contributed by atoms with Gasteiger partial charge >= 0.3 is 0 Å². The van der Waals surface area contributed by atoms with E-state index in [2.05, 4.69) is 5.32 Å². The maximum Gasteiger partial charge on any atom is 0.247 e. The zero-order valence-corrected chi connectivity index (χ0v) is 19.2. The van der Waals surface area contributed by atoms with Crippen molar-refractivity contribution in [1.82, 2.24) is 14.5 Å². The third kappa shape index (κ3) is 5.32. The van der Waals surface area contributed by atoms with Gasteiger partial charge in [0.05, 0.1) is 12.8 Å². The lowest BCUT2D eigenvalue weighted by Gasteiger charge is -2.46. The molecule has 1 aliphatic heterocycles. The van der Waals surface area contributed by atoms with Gasteiger partial charge in [-0.05, 0) is 31.9 Å². The van der Waals surface area contributed by atoms with Crippen LogP contribution < -0.4 is 5.32 Å². The fraction of sp³-hybridized carbons (Fsp3) is 0.391. The molecule has 0 bridgehead atoms. The summed E-state index contributed by atoms with van der Waals surface area (Å²) in [5.41, 5.74) is 2.64. The SMILES string of the molecule is Cc1ccc(CNC(=O)C2(C)CN(S(C)(=O)=O)CC(=O)N2Cc2cccc(C)c2)cc1. The molecule has 8 heteroatoms. The Hall–Kier alpha value is -2.71. The van der Waals surface area contributed by atoms with Gasteiger partial charge in [0.1, 0.15) is 5.54 Å². The average Bonchev–Trinajstić information content (AvgIpc) is 2.69. The monoisotopic (exact) mass is 443 g/mol. The minimum absolute atomic E-state index is 0.0941. The van der Waals surface area contributed by atoms with Crippen LogP contribution in [0.5, 0.6) is 0 Å². The van der Waals surface area contributed by atoms with Gasteiger partial charge < -0.3 is 10.2 Å². The highest BCUT2D eigenvalue weighted by molar-refractivity contribution is 7.88. The first-order valence-electron chi connectivity index (χ1n) is 10.1. The molecule has 1 atom stereocenters. The third-order valence-corrected chi connectivity index (χ3v) is 6.84. The number of aryl methyl sites for hydroxylation is 2. The fourth-order valence-corrected chi connectivity index (χ4v) is 4.59. The molecule has 0 aliphatic carbocycles. The average molecular weight is 444 g/mol. The number of amides is 2. The Morgan fingerprint density at radius 1 is 1.06 bits per heavy atom. The van der Waals surface area contributed by atoms with Gasteiger partial charge in [-0.15, -0.1) is 0 Å². The first-order valence-corrected chi connectivity index (χ1v) is 12.0. The van der Waals surface area contributed by atoms with Crippen molar-refractivity contribution in [2.75, 3.05) is 19.3 Å². The van der Waals surface area contributed by atoms with Crippen LogP contribution in [0.1, 0.15) is 29.2 Å². The highest BCUT2D eigenvalue weighted by Crippen LogP contribution is 2.27. The number of benzene rings is 2. The van der Waals surface area contributed by atoms with Crippen molar-refractivity contribution in [1.29, 1.82) is 0 Å². The summed E-state index contributed by atoms with van der Waals surface area (Å²) in [7, 11) is -3.63. The maximum atomic E-state index is 13.3. The van der Waals surface area contributed by atoms with E-state index in [9.17, 15) is 18.0 Å². The lowest BCUT2D eigenvalue weighted by atomic mass is 9.94. The van der Waals surface area contributed by atoms with E-state index < -0.39 is 21.5 Å². The Morgan fingerprint density at radius 3 is 2.35 bits per heavy atom. The molecule has 1 aliphatic rings. The molecule has 0 spiro atoms. The van der Waals surface area contributed by atoms with Crippen molar-refractivity contribution >= 4 is 21.8 Å². The molecule has 0 radical (unpaired) electrons. The smallest absolute Gasteiger partial charge is 0.247 e. The van der Waals surface area contributed by atoms with E-state index in [0.717, 1.165) is 32.8 Å². The van der Waals surface area contributed by atoms with Crippen LogP contribution in [0.15, 0.2) is 48.5 Å². The molecule has 31 heavy (non-hydrogen) atoms. The summed E-state index contributed by atoms with van der Waals surface area (Å²) < 4.78 is 25.5. The van der Waals surface area contributed by atoms with Crippen LogP contribution >= 0.6 is 0 Å². The number of rotatable bonds is 6. The summed E-state index contributed by atoms with van der Waals surface area (Å²) in [6, 6.07) is 15.5. The molecule has 2 aromatic rings. The molecular weight excluding hydrogens is 414 g/mol. The Bertz CT molecular complexity index is 1080. The number of sulfonamides is 1. The first-order chi connectivity index (χ1) is 14.5. The van der Waals surface area contributed by atoms with Crippen LogP contribution in [-0.4, -0.2) is 54.3 Å². The van der Waals surface area contributed by atoms with E-state index in [0.29, 0.717) is 6.54 Å². The van der Waals surface area contributed by atoms with Gasteiger partial charge in [-0.3, -0.25) is 9.59 Å². The highest BCUT2D eigenvalue weighted by Gasteiger charge is 2.49. The van der Waals surface area contributed by atoms with E-state index in [4.69, 9.17) is 0 Å². The number of hydrogen-bond acceptors (Lipinski definition) is 4. The quantitative estimate of drug-likeness (QED) is 0.740. The molecule has 1 unspecified atom stereocenters. The summed E-state index contributed by atoms with van der Waals surface area (Å²) >= 11 is 0. The van der Waals surface area contributed by atoms with Crippen molar-refractivity contribution < 1.29 is 18.0 Å². The van der Waals surface area contributed by atoms with Crippen LogP contribution in [0.2, 0.25) is 0 Å². The van der Waals surface area contributed by atoms with Gasteiger partial charge in [-0.25, -0.2) is 8.42 Å². The second kappa shape index (κ2) is 8.80. The largest absolute Gasteiger partial charge is 0.350 e. The topological polar surface area (TPSA) is 86.8 Å². The fourth-order valence-electron chi connectivity index (χ4n) is 3.76. The van der Waals surface area contributed by atoms with Crippen LogP contribution in [0, 0.1) is 13.8 Å². The molecule has 166 valence electrons. The van der Waals surface area contributed by atoms with Crippen molar-refractivity contribution in [2.45, 2.75) is 39.4 Å². The molecular formula is C23H29N3O4S. The molecule has 1 heterocycles. The molecule has 0 aromatic heterocycles. The Kier molecular flexibility index (Phi) is 6.52. The molecule has 7 nitrogen and oxygen atoms in total. The molecule has 1 N–H and O–H groups in total. The van der Waals surface area contributed by atoms with Crippen LogP contribution in [0.3, 0.4) is 0 Å². The van der Waals surface area contributed by atoms with Gasteiger partial charge in [0.25, 0.3) is 0 Å². The van der Waals surface area contributed by atoms with Gasteiger partial charge in [0.2, 0.25) is 21.8 Å². The molecule has 0 saturated carbocycles. The van der Waals surface area contributed by atoms with Crippen LogP contribution in [0.4, 0.5) is 0 Å². The predicted octanol–water partition coefficient (Wildman–Crippen LogP) is 1.98. The second-order valence-corrected chi connectivity index (χ2v) is 10.4. The summed E-state index contributed by atoms with van der Waals surface area (Å²) in [5, 5.41) is 2.89. The van der Waals surface area contributed by atoms with Crippen molar-refractivity contribution in [3.8, 4) is 0 Å². The van der Waals surface area contributed by atoms with Gasteiger partial charge in [0, 0.05) is 19.6 Å². The Morgan fingerprint density at radius 2 is 1.74 bits per heavy atom. The van der Waals surface area contributed by atoms with Gasteiger partial charge in [0.15, 0.2) is 0 Å². The number of nitrogens with one attached hydrogen (secondary N) is 1. The zero-order chi connectivity index (χ0) is 22.8. The van der Waals surface area contributed by atoms with Crippen molar-refractivity contribution in [2.24, 2.45) is 0 Å². The van der Waals surface area contributed by atoms with Crippen molar-refractivity contribution in [3.63, 3.8) is 0 Å². The molecule has 2 amide bonds. The molecule has 1 saturated heterocycles. The zero-order valence-electron chi connectivity index (χ0n) is 18.4. The second-order valence-electron chi connectivity index (χ2n) is 8.44. The third-order valence-electron chi connectivity index (χ3n) is 5.65. The standard InChI is InChI=1S/C23H29N3O4S/c1-17-8-10-19(11-9-17)13-24-22(28)23(3)16-25(31(4,29)30)15-21(27)26(23)14-20-7-5-6-18(2)12-20/h5-12H,13-16H2,1-4H3,(H,24,28). The molecule has 3 rings (SSSR count). The lowest BCUT2D eigenvalue weighted by Crippen LogP contribution is -2.69. The van der Waals surface area contributed by atoms with E-state index in [1.165, 1.54) is 4.90 Å². The maximum absolute atomic E-state index is 13.3. The number of carbonyl (C=O) groups is 2. The van der Waals surface area contributed by atoms with Crippen LogP contribution in [-0.2, 0) is 32.7 Å².